The molecule has 0 spiro atoms. The number of benzene rings is 2. The molecule has 1 N–H and O–H groups in total. The summed E-state index contributed by atoms with van der Waals surface area (Å²) in [6.07, 6.45) is 0. The van der Waals surface area contributed by atoms with Gasteiger partial charge in [0.1, 0.15) is 10.8 Å². The summed E-state index contributed by atoms with van der Waals surface area (Å²) in [6, 6.07) is 11.3. The van der Waals surface area contributed by atoms with Crippen molar-refractivity contribution < 1.29 is 19.6 Å². The zero-order valence-corrected chi connectivity index (χ0v) is 17.3. The summed E-state index contributed by atoms with van der Waals surface area (Å²) in [5, 5.41) is 30.9. The van der Waals surface area contributed by atoms with Gasteiger partial charge in [-0.1, -0.05) is 53.3 Å². The van der Waals surface area contributed by atoms with Crippen molar-refractivity contribution in [1.29, 1.82) is 0 Å². The van der Waals surface area contributed by atoms with Crippen LogP contribution >= 0.6 is 11.3 Å². The lowest BCUT2D eigenvalue weighted by atomic mass is 9.95. The Balaban J connectivity index is 1.96. The van der Waals surface area contributed by atoms with Gasteiger partial charge in [-0.05, 0) is 19.4 Å². The van der Waals surface area contributed by atoms with Crippen LogP contribution in [0.1, 0.15) is 27.7 Å². The van der Waals surface area contributed by atoms with Crippen LogP contribution in [-0.4, -0.2) is 31.9 Å². The van der Waals surface area contributed by atoms with Crippen LogP contribution < -0.4 is 4.90 Å². The van der Waals surface area contributed by atoms with Crippen LogP contribution in [0.15, 0.2) is 54.1 Å². The van der Waals surface area contributed by atoms with Crippen LogP contribution in [0.2, 0.25) is 0 Å². The van der Waals surface area contributed by atoms with E-state index >= 15 is 0 Å². The summed E-state index contributed by atoms with van der Waals surface area (Å²) in [5.74, 6) is -2.15. The fourth-order valence-electron chi connectivity index (χ4n) is 3.40. The van der Waals surface area contributed by atoms with Gasteiger partial charge in [-0.2, -0.15) is 0 Å². The number of aryl methyl sites for hydroxylation is 2. The SMILES string of the molecule is Cc1ccc(C(O)=C2C(=O)C(=O)N(c3nnc(C)s3)[C@@H]2c2cccc([N+](=O)[O-])c2)cc1. The average molecular weight is 436 g/mol. The van der Waals surface area contributed by atoms with Crippen LogP contribution in [0.3, 0.4) is 0 Å². The normalized spacial score (nSPS) is 17.9. The van der Waals surface area contributed by atoms with Crippen molar-refractivity contribution in [3.8, 4) is 0 Å². The number of Topliss-reactive ketones (excluding diaryl/α,β-unsaturated/α-hetero) is 1. The van der Waals surface area contributed by atoms with Crippen LogP contribution in [0, 0.1) is 24.0 Å². The number of nitro benzene ring substituents is 1. The molecule has 31 heavy (non-hydrogen) atoms. The van der Waals surface area contributed by atoms with E-state index in [9.17, 15) is 24.8 Å². The number of nitro groups is 1. The number of non-ortho nitro benzene ring substituents is 1. The number of aromatic nitrogens is 2. The van der Waals surface area contributed by atoms with Crippen molar-refractivity contribution in [3.63, 3.8) is 0 Å². The Labute approximate surface area is 180 Å². The first-order valence-electron chi connectivity index (χ1n) is 9.20. The molecule has 0 saturated carbocycles. The zero-order valence-electron chi connectivity index (χ0n) is 16.5. The molecule has 1 atom stereocenters. The first-order valence-corrected chi connectivity index (χ1v) is 10.0. The molecule has 0 radical (unpaired) electrons. The Hall–Kier alpha value is -3.92. The van der Waals surface area contributed by atoms with Gasteiger partial charge in [0, 0.05) is 17.7 Å². The molecule has 0 unspecified atom stereocenters. The number of nitrogens with zero attached hydrogens (tertiary/aromatic N) is 4. The summed E-state index contributed by atoms with van der Waals surface area (Å²) in [4.78, 5) is 37.8. The Morgan fingerprint density at radius 2 is 1.84 bits per heavy atom. The molecule has 156 valence electrons. The molecule has 4 rings (SSSR count). The fourth-order valence-corrected chi connectivity index (χ4v) is 4.12. The van der Waals surface area contributed by atoms with Gasteiger partial charge in [0.05, 0.1) is 16.5 Å². The highest BCUT2D eigenvalue weighted by molar-refractivity contribution is 7.15. The largest absolute Gasteiger partial charge is 0.507 e. The van der Waals surface area contributed by atoms with Crippen LogP contribution in [-0.2, 0) is 9.59 Å². The van der Waals surface area contributed by atoms with Crippen molar-refractivity contribution in [2.24, 2.45) is 0 Å². The Kier molecular flexibility index (Phi) is 5.07. The molecule has 1 aromatic heterocycles. The highest BCUT2D eigenvalue weighted by Crippen LogP contribution is 2.43. The molecule has 0 aliphatic carbocycles. The highest BCUT2D eigenvalue weighted by atomic mass is 32.1. The van der Waals surface area contributed by atoms with Gasteiger partial charge in [0.15, 0.2) is 0 Å². The second-order valence-electron chi connectivity index (χ2n) is 6.99. The van der Waals surface area contributed by atoms with Crippen molar-refractivity contribution in [2.75, 3.05) is 4.90 Å². The third-order valence-electron chi connectivity index (χ3n) is 4.89. The first kappa shape index (κ1) is 20.4. The molecule has 1 fully saturated rings. The molecule has 9 nitrogen and oxygen atoms in total. The van der Waals surface area contributed by atoms with E-state index in [0.717, 1.165) is 21.8 Å². The number of amides is 1. The molecule has 2 aromatic carbocycles. The molecule has 2 heterocycles. The minimum atomic E-state index is -1.09. The van der Waals surface area contributed by atoms with Crippen molar-refractivity contribution in [1.82, 2.24) is 10.2 Å². The maximum absolute atomic E-state index is 13.0. The number of aliphatic hydroxyl groups is 1. The quantitative estimate of drug-likeness (QED) is 0.217. The number of rotatable bonds is 4. The summed E-state index contributed by atoms with van der Waals surface area (Å²) in [5.41, 5.74) is 1.24. The van der Waals surface area contributed by atoms with Crippen LogP contribution in [0.5, 0.6) is 0 Å². The van der Waals surface area contributed by atoms with E-state index in [4.69, 9.17) is 0 Å². The molecule has 10 heteroatoms. The van der Waals surface area contributed by atoms with Gasteiger partial charge in [0.25, 0.3) is 11.5 Å². The number of aliphatic hydroxyl groups excluding tert-OH is 1. The number of carbonyl (C=O) groups is 2. The van der Waals surface area contributed by atoms with Gasteiger partial charge in [-0.15, -0.1) is 10.2 Å². The number of anilines is 1. The first-order chi connectivity index (χ1) is 14.8. The molecule has 1 aliphatic rings. The van der Waals surface area contributed by atoms with Gasteiger partial charge in [-0.3, -0.25) is 24.6 Å². The van der Waals surface area contributed by atoms with E-state index in [1.54, 1.807) is 37.3 Å². The Morgan fingerprint density at radius 1 is 1.13 bits per heavy atom. The number of ketones is 1. The molecule has 0 bridgehead atoms. The van der Waals surface area contributed by atoms with Gasteiger partial charge >= 0.3 is 5.91 Å². The standard InChI is InChI=1S/C21H16N4O5S/c1-11-6-8-13(9-7-11)18(26)16-17(14-4-3-5-15(10-14)25(29)30)24(20(28)19(16)27)21-23-22-12(2)31-21/h3-10,17,26H,1-2H3/t17-/m1/s1. The van der Waals surface area contributed by atoms with E-state index in [1.807, 2.05) is 6.92 Å². The fraction of sp³-hybridized carbons (Fsp3) is 0.143. The summed E-state index contributed by atoms with van der Waals surface area (Å²) in [6.45, 7) is 3.58. The molecule has 1 amide bonds. The Bertz CT molecular complexity index is 1250. The average Bonchev–Trinajstić information content (AvgIpc) is 3.29. The van der Waals surface area contributed by atoms with E-state index in [2.05, 4.69) is 10.2 Å². The van der Waals surface area contributed by atoms with E-state index in [-0.39, 0.29) is 22.2 Å². The lowest BCUT2D eigenvalue weighted by Crippen LogP contribution is -2.29. The smallest absolute Gasteiger partial charge is 0.301 e. The van der Waals surface area contributed by atoms with Crippen molar-refractivity contribution in [2.45, 2.75) is 19.9 Å². The lowest BCUT2D eigenvalue weighted by Gasteiger charge is -2.22. The van der Waals surface area contributed by atoms with Crippen molar-refractivity contribution >= 4 is 39.6 Å². The van der Waals surface area contributed by atoms with E-state index in [1.165, 1.54) is 18.2 Å². The number of hydrogen-bond donors (Lipinski definition) is 1. The van der Waals surface area contributed by atoms with Crippen LogP contribution in [0.25, 0.3) is 5.76 Å². The predicted molar refractivity (Wildman–Crippen MR) is 114 cm³/mol. The maximum atomic E-state index is 13.0. The van der Waals surface area contributed by atoms with Gasteiger partial charge in [-0.25, -0.2) is 0 Å². The summed E-state index contributed by atoms with van der Waals surface area (Å²) < 4.78 is 0. The van der Waals surface area contributed by atoms with E-state index in [0.29, 0.717) is 16.1 Å². The molecule has 1 aliphatic heterocycles. The summed E-state index contributed by atoms with van der Waals surface area (Å²) in [7, 11) is 0. The van der Waals surface area contributed by atoms with Crippen LogP contribution in [0.4, 0.5) is 10.8 Å². The summed E-state index contributed by atoms with van der Waals surface area (Å²) >= 11 is 1.10. The number of hydrogen-bond acceptors (Lipinski definition) is 8. The van der Waals surface area contributed by atoms with E-state index < -0.39 is 22.7 Å². The topological polar surface area (TPSA) is 127 Å². The molecule has 1 saturated heterocycles. The third-order valence-corrected chi connectivity index (χ3v) is 5.73. The second kappa shape index (κ2) is 7.73. The minimum absolute atomic E-state index is 0.165. The molecular formula is C21H16N4O5S. The monoisotopic (exact) mass is 436 g/mol. The number of carbonyl (C=O) groups excluding carboxylic acids is 2. The van der Waals surface area contributed by atoms with Crippen molar-refractivity contribution in [3.05, 3.63) is 85.9 Å². The lowest BCUT2D eigenvalue weighted by molar-refractivity contribution is -0.384. The highest BCUT2D eigenvalue weighted by Gasteiger charge is 2.48. The second-order valence-corrected chi connectivity index (χ2v) is 8.15. The van der Waals surface area contributed by atoms with Gasteiger partial charge in [0.2, 0.25) is 5.13 Å². The zero-order chi connectivity index (χ0) is 22.3. The van der Waals surface area contributed by atoms with Gasteiger partial charge < -0.3 is 5.11 Å². The third kappa shape index (κ3) is 3.57. The Morgan fingerprint density at radius 3 is 2.45 bits per heavy atom. The molecular weight excluding hydrogens is 420 g/mol. The maximum Gasteiger partial charge on any atom is 0.301 e. The predicted octanol–water partition coefficient (Wildman–Crippen LogP) is 3.69. The molecule has 3 aromatic rings. The minimum Gasteiger partial charge on any atom is -0.507 e.